The quantitative estimate of drug-likeness (QED) is 0.832. The molecule has 19 heavy (non-hydrogen) atoms. The second-order valence-corrected chi connectivity index (χ2v) is 5.13. The largest absolute Gasteiger partial charge is 0.428 e. The first-order valence-electron chi connectivity index (χ1n) is 6.22. The average Bonchev–Trinajstić information content (AvgIpc) is 2.39. The maximum Gasteiger partial charge on any atom is 0.428 e. The molecule has 0 radical (unpaired) electrons. The number of nitrogens with zero attached hydrogens (tertiary/aromatic N) is 2. The Bertz CT molecular complexity index is 414. The van der Waals surface area contributed by atoms with E-state index in [0.717, 1.165) is 10.6 Å². The standard InChI is InChI=1S/C13H18F3N2O/c1-18(11-5-3-2-4-6-11)9-7-17(8-10-18)12(19)13(14,15)16/h2-6,12,19H,7-10H2,1H3/q+1. The average molecular weight is 275 g/mol. The van der Waals surface area contributed by atoms with Crippen molar-refractivity contribution in [1.82, 2.24) is 9.38 Å². The summed E-state index contributed by atoms with van der Waals surface area (Å²) in [5, 5.41) is 9.25. The van der Waals surface area contributed by atoms with Gasteiger partial charge in [-0.3, -0.25) is 9.38 Å². The predicted octanol–water partition coefficient (Wildman–Crippen LogP) is 1.82. The van der Waals surface area contributed by atoms with Crippen molar-refractivity contribution in [2.45, 2.75) is 12.4 Å². The second-order valence-electron chi connectivity index (χ2n) is 5.13. The van der Waals surface area contributed by atoms with E-state index >= 15 is 0 Å². The molecule has 6 heteroatoms. The van der Waals surface area contributed by atoms with Gasteiger partial charge in [-0.05, 0) is 12.1 Å². The zero-order valence-electron chi connectivity index (χ0n) is 10.8. The molecule has 0 bridgehead atoms. The van der Waals surface area contributed by atoms with Crippen LogP contribution in [0.4, 0.5) is 18.9 Å². The summed E-state index contributed by atoms with van der Waals surface area (Å²) in [6.45, 7) is 1.56. The molecule has 0 spiro atoms. The van der Waals surface area contributed by atoms with E-state index in [-0.39, 0.29) is 13.1 Å². The van der Waals surface area contributed by atoms with Crippen molar-refractivity contribution >= 4 is 5.69 Å². The minimum Gasteiger partial charge on any atom is -0.370 e. The van der Waals surface area contributed by atoms with Gasteiger partial charge in [0.25, 0.3) is 0 Å². The molecule has 1 heterocycles. The van der Waals surface area contributed by atoms with E-state index in [4.69, 9.17) is 0 Å². The van der Waals surface area contributed by atoms with E-state index in [1.165, 1.54) is 0 Å². The van der Waals surface area contributed by atoms with Gasteiger partial charge in [0.05, 0.1) is 33.2 Å². The first kappa shape index (κ1) is 14.3. The van der Waals surface area contributed by atoms with Gasteiger partial charge < -0.3 is 5.11 Å². The van der Waals surface area contributed by atoms with Crippen LogP contribution >= 0.6 is 0 Å². The van der Waals surface area contributed by atoms with Gasteiger partial charge in [0, 0.05) is 0 Å². The molecule has 1 aromatic carbocycles. The Morgan fingerprint density at radius 3 is 2.16 bits per heavy atom. The SMILES string of the molecule is C[N+]1(c2ccccc2)CCN(C(O)C(F)(F)F)CC1. The molecule has 1 fully saturated rings. The number of likely N-dealkylation sites (N-methyl/N-ethyl adjacent to an activating group) is 1. The van der Waals surface area contributed by atoms with Crippen molar-refractivity contribution in [1.29, 1.82) is 0 Å². The Balaban J connectivity index is 2.03. The zero-order chi connectivity index (χ0) is 14.1. The Morgan fingerprint density at radius 1 is 1.16 bits per heavy atom. The molecule has 1 aromatic rings. The molecule has 0 aliphatic carbocycles. The number of aliphatic hydroxyl groups is 1. The molecule has 1 N–H and O–H groups in total. The van der Waals surface area contributed by atoms with Gasteiger partial charge in [0.1, 0.15) is 5.69 Å². The Labute approximate surface area is 110 Å². The first-order chi connectivity index (χ1) is 8.83. The summed E-state index contributed by atoms with van der Waals surface area (Å²) in [6, 6.07) is 9.73. The van der Waals surface area contributed by atoms with Crippen LogP contribution in [0, 0.1) is 0 Å². The molecular formula is C13H18F3N2O+. The number of halogens is 3. The van der Waals surface area contributed by atoms with Crippen LogP contribution in [-0.4, -0.2) is 55.6 Å². The van der Waals surface area contributed by atoms with Gasteiger partial charge in [-0.2, -0.15) is 13.2 Å². The normalized spacial score (nSPS) is 22.2. The molecule has 0 saturated carbocycles. The third-order valence-corrected chi connectivity index (χ3v) is 3.78. The fourth-order valence-electron chi connectivity index (χ4n) is 2.42. The van der Waals surface area contributed by atoms with Gasteiger partial charge in [0.15, 0.2) is 0 Å². The lowest BCUT2D eigenvalue weighted by Gasteiger charge is -2.43. The lowest BCUT2D eigenvalue weighted by atomic mass is 10.2. The van der Waals surface area contributed by atoms with Crippen molar-refractivity contribution in [2.24, 2.45) is 0 Å². The maximum atomic E-state index is 12.5. The fraction of sp³-hybridized carbons (Fsp3) is 0.538. The lowest BCUT2D eigenvalue weighted by molar-refractivity contribution is -0.252. The van der Waals surface area contributed by atoms with Gasteiger partial charge in [-0.25, -0.2) is 0 Å². The molecule has 1 aliphatic heterocycles. The van der Waals surface area contributed by atoms with Crippen LogP contribution in [0.5, 0.6) is 0 Å². The zero-order valence-corrected chi connectivity index (χ0v) is 10.8. The number of para-hydroxylation sites is 1. The molecule has 0 aromatic heterocycles. The van der Waals surface area contributed by atoms with Crippen molar-refractivity contribution in [3.8, 4) is 0 Å². The van der Waals surface area contributed by atoms with Gasteiger partial charge >= 0.3 is 6.18 Å². The van der Waals surface area contributed by atoms with Crippen LogP contribution < -0.4 is 4.48 Å². The Morgan fingerprint density at radius 2 is 1.68 bits per heavy atom. The number of hydrogen-bond acceptors (Lipinski definition) is 2. The minimum atomic E-state index is -4.58. The van der Waals surface area contributed by atoms with Crippen LogP contribution in [0.15, 0.2) is 30.3 Å². The monoisotopic (exact) mass is 275 g/mol. The highest BCUT2D eigenvalue weighted by atomic mass is 19.4. The molecule has 1 atom stereocenters. The van der Waals surface area contributed by atoms with Gasteiger partial charge in [0.2, 0.25) is 6.23 Å². The third kappa shape index (κ3) is 3.08. The highest BCUT2D eigenvalue weighted by molar-refractivity contribution is 5.42. The molecular weight excluding hydrogens is 257 g/mol. The van der Waals surface area contributed by atoms with Gasteiger partial charge in [-0.15, -0.1) is 0 Å². The maximum absolute atomic E-state index is 12.5. The molecule has 2 rings (SSSR count). The van der Waals surface area contributed by atoms with E-state index in [9.17, 15) is 18.3 Å². The summed E-state index contributed by atoms with van der Waals surface area (Å²) in [7, 11) is 2.01. The first-order valence-corrected chi connectivity index (χ1v) is 6.22. The number of aliphatic hydroxyl groups excluding tert-OH is 1. The fourth-order valence-corrected chi connectivity index (χ4v) is 2.42. The van der Waals surface area contributed by atoms with Crippen LogP contribution in [0.3, 0.4) is 0 Å². The van der Waals surface area contributed by atoms with Crippen LogP contribution in [0.25, 0.3) is 0 Å². The molecule has 1 unspecified atom stereocenters. The summed E-state index contributed by atoms with van der Waals surface area (Å²) in [5.41, 5.74) is 1.09. The van der Waals surface area contributed by atoms with Crippen LogP contribution in [0.2, 0.25) is 0 Å². The van der Waals surface area contributed by atoms with E-state index in [1.807, 2.05) is 37.4 Å². The summed E-state index contributed by atoms with van der Waals surface area (Å²) >= 11 is 0. The van der Waals surface area contributed by atoms with E-state index in [0.29, 0.717) is 17.6 Å². The lowest BCUT2D eigenvalue weighted by Crippen LogP contribution is -2.62. The van der Waals surface area contributed by atoms with E-state index in [2.05, 4.69) is 0 Å². The van der Waals surface area contributed by atoms with Crippen molar-refractivity contribution in [2.75, 3.05) is 33.2 Å². The molecule has 1 saturated heterocycles. The van der Waals surface area contributed by atoms with Crippen molar-refractivity contribution < 1.29 is 18.3 Å². The summed E-state index contributed by atoms with van der Waals surface area (Å²) < 4.78 is 38.0. The third-order valence-electron chi connectivity index (χ3n) is 3.78. The predicted molar refractivity (Wildman–Crippen MR) is 67.5 cm³/mol. The van der Waals surface area contributed by atoms with Crippen LogP contribution in [-0.2, 0) is 0 Å². The summed E-state index contributed by atoms with van der Waals surface area (Å²) in [5.74, 6) is 0. The smallest absolute Gasteiger partial charge is 0.370 e. The highest BCUT2D eigenvalue weighted by Crippen LogP contribution is 2.27. The minimum absolute atomic E-state index is 0.228. The number of alkyl halides is 3. The second kappa shape index (κ2) is 5.11. The molecule has 0 amide bonds. The topological polar surface area (TPSA) is 23.5 Å². The number of piperazine rings is 1. The summed E-state index contributed by atoms with van der Waals surface area (Å²) in [6.07, 6.45) is -6.93. The Hall–Kier alpha value is -1.11. The van der Waals surface area contributed by atoms with Gasteiger partial charge in [-0.1, -0.05) is 18.2 Å². The van der Waals surface area contributed by atoms with Crippen LogP contribution in [0.1, 0.15) is 0 Å². The van der Waals surface area contributed by atoms with E-state index in [1.54, 1.807) is 0 Å². The Kier molecular flexibility index (Phi) is 3.85. The van der Waals surface area contributed by atoms with E-state index < -0.39 is 12.4 Å². The number of rotatable bonds is 2. The summed E-state index contributed by atoms with van der Waals surface area (Å²) in [4.78, 5) is 1.09. The number of benzene rings is 1. The molecule has 106 valence electrons. The van der Waals surface area contributed by atoms with Crippen molar-refractivity contribution in [3.05, 3.63) is 30.3 Å². The molecule has 1 aliphatic rings. The number of quaternary nitrogens is 1. The van der Waals surface area contributed by atoms with Crippen molar-refractivity contribution in [3.63, 3.8) is 0 Å². The molecule has 3 nitrogen and oxygen atoms in total. The highest BCUT2D eigenvalue weighted by Gasteiger charge is 2.45. The number of hydrogen-bond donors (Lipinski definition) is 1.